The van der Waals surface area contributed by atoms with Gasteiger partial charge in [0.2, 0.25) is 0 Å². The van der Waals surface area contributed by atoms with Crippen LogP contribution in [0.15, 0.2) is 30.3 Å². The zero-order chi connectivity index (χ0) is 17.4. The number of hydrogen-bond acceptors (Lipinski definition) is 3. The summed E-state index contributed by atoms with van der Waals surface area (Å²) >= 11 is 0. The predicted molar refractivity (Wildman–Crippen MR) is 92.0 cm³/mol. The highest BCUT2D eigenvalue weighted by Gasteiger charge is 2.17. The third kappa shape index (κ3) is 5.30. The van der Waals surface area contributed by atoms with E-state index < -0.39 is 5.97 Å². The molecule has 24 heavy (non-hydrogen) atoms. The van der Waals surface area contributed by atoms with Crippen LogP contribution in [-0.4, -0.2) is 48.2 Å². The molecule has 0 radical (unpaired) electrons. The maximum atomic E-state index is 12.0. The van der Waals surface area contributed by atoms with Crippen molar-refractivity contribution in [1.29, 1.82) is 0 Å². The molecule has 130 valence electrons. The van der Waals surface area contributed by atoms with Gasteiger partial charge in [0, 0.05) is 26.1 Å². The largest absolute Gasteiger partial charge is 0.494 e. The first-order valence-corrected chi connectivity index (χ1v) is 8.27. The van der Waals surface area contributed by atoms with Crippen molar-refractivity contribution in [3.8, 4) is 5.75 Å². The molecule has 0 fully saturated rings. The van der Waals surface area contributed by atoms with Gasteiger partial charge in [0.05, 0.1) is 6.61 Å². The molecule has 2 rings (SSSR count). The first-order valence-electron chi connectivity index (χ1n) is 8.27. The number of hydrogen-bond donors (Lipinski definition) is 2. The first-order chi connectivity index (χ1) is 11.6. The molecule has 1 aromatic rings. The van der Waals surface area contributed by atoms with Gasteiger partial charge >= 0.3 is 12.0 Å². The minimum absolute atomic E-state index is 0.0715. The lowest BCUT2D eigenvalue weighted by Gasteiger charge is -2.27. The van der Waals surface area contributed by atoms with E-state index >= 15 is 0 Å². The SMILES string of the molecule is CCOc1ccc(C2=CCN(C(=O)NCCCC(=O)O)CC2)cc1. The fourth-order valence-corrected chi connectivity index (χ4v) is 2.59. The molecular formula is C18H24N2O4. The van der Waals surface area contributed by atoms with E-state index in [1.54, 1.807) is 4.90 Å². The van der Waals surface area contributed by atoms with Crippen LogP contribution in [-0.2, 0) is 4.79 Å². The highest BCUT2D eigenvalue weighted by molar-refractivity contribution is 5.76. The van der Waals surface area contributed by atoms with Gasteiger partial charge in [0.15, 0.2) is 0 Å². The molecular weight excluding hydrogens is 308 g/mol. The van der Waals surface area contributed by atoms with Crippen molar-refractivity contribution in [3.63, 3.8) is 0 Å². The van der Waals surface area contributed by atoms with Gasteiger partial charge in [-0.25, -0.2) is 4.79 Å². The number of carbonyl (C=O) groups excluding carboxylic acids is 1. The number of amides is 2. The molecule has 1 aliphatic rings. The van der Waals surface area contributed by atoms with Crippen molar-refractivity contribution in [3.05, 3.63) is 35.9 Å². The van der Waals surface area contributed by atoms with Gasteiger partial charge in [-0.2, -0.15) is 0 Å². The highest BCUT2D eigenvalue weighted by atomic mass is 16.5. The lowest BCUT2D eigenvalue weighted by atomic mass is 9.99. The molecule has 2 amide bonds. The Morgan fingerprint density at radius 2 is 2.04 bits per heavy atom. The van der Waals surface area contributed by atoms with Gasteiger partial charge in [-0.3, -0.25) is 4.79 Å². The quantitative estimate of drug-likeness (QED) is 0.753. The Bertz CT molecular complexity index is 596. The number of carboxylic acids is 1. The van der Waals surface area contributed by atoms with Crippen LogP contribution < -0.4 is 10.1 Å². The second-order valence-electron chi connectivity index (χ2n) is 5.61. The van der Waals surface area contributed by atoms with Gasteiger partial charge in [-0.15, -0.1) is 0 Å². The summed E-state index contributed by atoms with van der Waals surface area (Å²) in [6.07, 6.45) is 3.39. The molecule has 1 aromatic carbocycles. The lowest BCUT2D eigenvalue weighted by molar-refractivity contribution is -0.137. The fraction of sp³-hybridized carbons (Fsp3) is 0.444. The third-order valence-corrected chi connectivity index (χ3v) is 3.88. The van der Waals surface area contributed by atoms with Gasteiger partial charge in [-0.1, -0.05) is 18.2 Å². The number of rotatable bonds is 7. The van der Waals surface area contributed by atoms with E-state index in [2.05, 4.69) is 11.4 Å². The number of urea groups is 1. The summed E-state index contributed by atoms with van der Waals surface area (Å²) < 4.78 is 5.44. The van der Waals surface area contributed by atoms with Crippen LogP contribution in [0.5, 0.6) is 5.75 Å². The number of aliphatic carboxylic acids is 1. The molecule has 0 unspecified atom stereocenters. The van der Waals surface area contributed by atoms with E-state index in [9.17, 15) is 9.59 Å². The van der Waals surface area contributed by atoms with Gasteiger partial charge in [-0.05, 0) is 43.0 Å². The van der Waals surface area contributed by atoms with Crippen LogP contribution in [0.1, 0.15) is 31.7 Å². The number of carboxylic acid groups (broad SMARTS) is 1. The second kappa shape index (κ2) is 8.96. The van der Waals surface area contributed by atoms with E-state index in [4.69, 9.17) is 9.84 Å². The molecule has 6 nitrogen and oxygen atoms in total. The van der Waals surface area contributed by atoms with Gasteiger partial charge < -0.3 is 20.1 Å². The molecule has 0 aromatic heterocycles. The Labute approximate surface area is 142 Å². The Kier molecular flexibility index (Phi) is 6.66. The van der Waals surface area contributed by atoms with Crippen LogP contribution >= 0.6 is 0 Å². The van der Waals surface area contributed by atoms with Crippen molar-refractivity contribution >= 4 is 17.6 Å². The average molecular weight is 332 g/mol. The van der Waals surface area contributed by atoms with Gasteiger partial charge in [0.1, 0.15) is 5.75 Å². The Morgan fingerprint density at radius 1 is 1.29 bits per heavy atom. The van der Waals surface area contributed by atoms with E-state index in [-0.39, 0.29) is 12.5 Å². The van der Waals surface area contributed by atoms with Crippen molar-refractivity contribution in [1.82, 2.24) is 10.2 Å². The Hall–Kier alpha value is -2.50. The molecule has 0 bridgehead atoms. The summed E-state index contributed by atoms with van der Waals surface area (Å²) in [5, 5.41) is 11.3. The number of ether oxygens (including phenoxy) is 1. The molecule has 6 heteroatoms. The smallest absolute Gasteiger partial charge is 0.317 e. The molecule has 0 saturated heterocycles. The van der Waals surface area contributed by atoms with Crippen molar-refractivity contribution in [2.45, 2.75) is 26.2 Å². The Morgan fingerprint density at radius 3 is 2.62 bits per heavy atom. The van der Waals surface area contributed by atoms with Crippen molar-refractivity contribution < 1.29 is 19.4 Å². The maximum absolute atomic E-state index is 12.0. The van der Waals surface area contributed by atoms with Crippen molar-refractivity contribution in [2.75, 3.05) is 26.2 Å². The molecule has 1 heterocycles. The van der Waals surface area contributed by atoms with E-state index in [0.29, 0.717) is 32.7 Å². The third-order valence-electron chi connectivity index (χ3n) is 3.88. The molecule has 2 N–H and O–H groups in total. The maximum Gasteiger partial charge on any atom is 0.317 e. The Balaban J connectivity index is 1.82. The monoisotopic (exact) mass is 332 g/mol. The van der Waals surface area contributed by atoms with Gasteiger partial charge in [0.25, 0.3) is 0 Å². The summed E-state index contributed by atoms with van der Waals surface area (Å²) in [6, 6.07) is 7.86. The highest BCUT2D eigenvalue weighted by Crippen LogP contribution is 2.24. The number of nitrogens with one attached hydrogen (secondary N) is 1. The number of benzene rings is 1. The normalized spacial score (nSPS) is 14.0. The van der Waals surface area contributed by atoms with E-state index in [1.807, 2.05) is 31.2 Å². The molecule has 0 aliphatic carbocycles. The van der Waals surface area contributed by atoms with Crippen molar-refractivity contribution in [2.24, 2.45) is 0 Å². The standard InChI is InChI=1S/C18H24N2O4/c1-2-24-16-7-5-14(6-8-16)15-9-12-20(13-10-15)18(23)19-11-3-4-17(21)22/h5-9H,2-4,10-13H2,1H3,(H,19,23)(H,21,22). The van der Waals surface area contributed by atoms with Crippen LogP contribution in [0.2, 0.25) is 0 Å². The van der Waals surface area contributed by atoms with E-state index in [1.165, 1.54) is 5.57 Å². The number of nitrogens with zero attached hydrogens (tertiary/aromatic N) is 1. The average Bonchev–Trinajstić information content (AvgIpc) is 2.59. The van der Waals surface area contributed by atoms with Crippen LogP contribution in [0.25, 0.3) is 5.57 Å². The second-order valence-corrected chi connectivity index (χ2v) is 5.61. The summed E-state index contributed by atoms with van der Waals surface area (Å²) in [6.45, 7) is 4.21. The minimum atomic E-state index is -0.842. The van der Waals surface area contributed by atoms with E-state index in [0.717, 1.165) is 17.7 Å². The molecule has 0 saturated carbocycles. The summed E-state index contributed by atoms with van der Waals surface area (Å²) in [4.78, 5) is 24.2. The zero-order valence-electron chi connectivity index (χ0n) is 14.0. The van der Waals surface area contributed by atoms with Crippen LogP contribution in [0.4, 0.5) is 4.79 Å². The summed E-state index contributed by atoms with van der Waals surface area (Å²) in [5.74, 6) is 0.0187. The zero-order valence-corrected chi connectivity index (χ0v) is 14.0. The van der Waals surface area contributed by atoms with Crippen LogP contribution in [0, 0.1) is 0 Å². The number of carbonyl (C=O) groups is 2. The molecule has 0 spiro atoms. The minimum Gasteiger partial charge on any atom is -0.494 e. The topological polar surface area (TPSA) is 78.9 Å². The first kappa shape index (κ1) is 17.8. The fourth-order valence-electron chi connectivity index (χ4n) is 2.59. The molecule has 0 atom stereocenters. The summed E-state index contributed by atoms with van der Waals surface area (Å²) in [7, 11) is 0. The predicted octanol–water partition coefficient (Wildman–Crippen LogP) is 2.75. The summed E-state index contributed by atoms with van der Waals surface area (Å²) in [5.41, 5.74) is 2.38. The lowest BCUT2D eigenvalue weighted by Crippen LogP contribution is -2.42. The van der Waals surface area contributed by atoms with Crippen LogP contribution in [0.3, 0.4) is 0 Å². The molecule has 1 aliphatic heterocycles.